The number of aliphatic carboxylic acids is 1. The second kappa shape index (κ2) is 6.81. The van der Waals surface area contributed by atoms with Gasteiger partial charge in [0.05, 0.1) is 19.0 Å². The summed E-state index contributed by atoms with van der Waals surface area (Å²) in [6.45, 7) is 0. The molecule has 1 aromatic carbocycles. The number of hydrogen-bond donors (Lipinski definition) is 2. The Kier molecular flexibility index (Phi) is 4.84. The number of aliphatic hydroxyl groups excluding tert-OH is 1. The smallest absolute Gasteiger partial charge is 0.366 e. The van der Waals surface area contributed by atoms with Crippen LogP contribution in [-0.2, 0) is 4.79 Å². The second-order valence-corrected chi connectivity index (χ2v) is 4.51. The van der Waals surface area contributed by atoms with Crippen molar-refractivity contribution in [3.63, 3.8) is 0 Å². The van der Waals surface area contributed by atoms with Gasteiger partial charge in [0.15, 0.2) is 6.23 Å². The van der Waals surface area contributed by atoms with Crippen LogP contribution in [0.3, 0.4) is 0 Å². The molecule has 0 radical (unpaired) electrons. The van der Waals surface area contributed by atoms with Crippen LogP contribution < -0.4 is 10.4 Å². The van der Waals surface area contributed by atoms with E-state index in [1.165, 1.54) is 6.20 Å². The van der Waals surface area contributed by atoms with E-state index in [1.807, 2.05) is 0 Å². The number of aromatic nitrogens is 3. The predicted molar refractivity (Wildman–Crippen MR) is 76.4 cm³/mol. The van der Waals surface area contributed by atoms with Gasteiger partial charge >= 0.3 is 11.7 Å². The highest BCUT2D eigenvalue weighted by Crippen LogP contribution is 2.19. The van der Waals surface area contributed by atoms with Crippen LogP contribution >= 0.6 is 0 Å². The van der Waals surface area contributed by atoms with Crippen molar-refractivity contribution in [2.75, 3.05) is 7.11 Å². The van der Waals surface area contributed by atoms with Crippen LogP contribution in [0.15, 0.2) is 35.3 Å². The third-order valence-electron chi connectivity index (χ3n) is 3.00. The maximum absolute atomic E-state index is 11.9. The molecule has 0 aliphatic carbocycles. The maximum atomic E-state index is 11.9. The van der Waals surface area contributed by atoms with Crippen molar-refractivity contribution in [1.82, 2.24) is 14.8 Å². The minimum atomic E-state index is -1.32. The molecule has 2 aromatic rings. The molecule has 2 rings (SSSR count). The van der Waals surface area contributed by atoms with Gasteiger partial charge in [0.1, 0.15) is 5.75 Å². The van der Waals surface area contributed by atoms with Gasteiger partial charge in [0.25, 0.3) is 0 Å². The molecule has 0 saturated carbocycles. The third kappa shape index (κ3) is 3.67. The van der Waals surface area contributed by atoms with E-state index in [2.05, 4.69) is 10.1 Å². The molecule has 2 N–H and O–H groups in total. The van der Waals surface area contributed by atoms with Crippen molar-refractivity contribution in [3.05, 3.63) is 40.9 Å². The molecule has 0 aliphatic heterocycles. The number of methoxy groups -OCH3 is 1. The average Bonchev–Trinajstić information content (AvgIpc) is 2.52. The molecule has 1 unspecified atom stereocenters. The molecule has 8 nitrogen and oxygen atoms in total. The topological polar surface area (TPSA) is 115 Å². The summed E-state index contributed by atoms with van der Waals surface area (Å²) in [5.74, 6) is -0.385. The zero-order chi connectivity index (χ0) is 16.1. The predicted octanol–water partition coefficient (Wildman–Crippen LogP) is 0.670. The number of aliphatic hydroxyl groups is 1. The standard InChI is InChI=1S/C14H15N3O5/c1-22-10-4-2-9(3-5-10)11-8-15-17(14(21)16-11)12(18)6-7-13(19)20/h2-5,8,12,18H,6-7H2,1H3,(H,19,20). The number of benzene rings is 1. The molecule has 0 spiro atoms. The first-order valence-corrected chi connectivity index (χ1v) is 6.51. The maximum Gasteiger partial charge on any atom is 0.366 e. The summed E-state index contributed by atoms with van der Waals surface area (Å²) in [6, 6.07) is 6.91. The number of carboxylic acid groups (broad SMARTS) is 1. The molecule has 8 heteroatoms. The van der Waals surface area contributed by atoms with E-state index in [9.17, 15) is 14.7 Å². The van der Waals surface area contributed by atoms with Gasteiger partial charge in [-0.05, 0) is 24.3 Å². The van der Waals surface area contributed by atoms with Gasteiger partial charge in [-0.2, -0.15) is 14.8 Å². The van der Waals surface area contributed by atoms with Crippen LogP contribution in [-0.4, -0.2) is 38.1 Å². The highest BCUT2D eigenvalue weighted by molar-refractivity contribution is 5.66. The van der Waals surface area contributed by atoms with Gasteiger partial charge in [-0.25, -0.2) is 4.79 Å². The lowest BCUT2D eigenvalue weighted by Gasteiger charge is -2.11. The molecule has 0 fully saturated rings. The average molecular weight is 305 g/mol. The minimum absolute atomic E-state index is 0.119. The van der Waals surface area contributed by atoms with Crippen molar-refractivity contribution >= 4 is 5.97 Å². The van der Waals surface area contributed by atoms with Gasteiger partial charge < -0.3 is 14.9 Å². The van der Waals surface area contributed by atoms with Gasteiger partial charge in [-0.1, -0.05) is 0 Å². The molecule has 0 amide bonds. The molecule has 0 bridgehead atoms. The van der Waals surface area contributed by atoms with Crippen LogP contribution in [0.1, 0.15) is 19.1 Å². The molecule has 1 atom stereocenters. The first-order chi connectivity index (χ1) is 10.5. The van der Waals surface area contributed by atoms with Crippen molar-refractivity contribution in [3.8, 4) is 17.0 Å². The molecule has 1 heterocycles. The highest BCUT2D eigenvalue weighted by atomic mass is 16.5. The summed E-state index contributed by atoms with van der Waals surface area (Å²) in [7, 11) is 1.55. The van der Waals surface area contributed by atoms with E-state index >= 15 is 0 Å². The number of ether oxygens (including phenoxy) is 1. The molecular formula is C14H15N3O5. The molecule has 1 aromatic heterocycles. The van der Waals surface area contributed by atoms with Gasteiger partial charge in [-0.3, -0.25) is 4.79 Å². The van der Waals surface area contributed by atoms with Crippen molar-refractivity contribution in [2.45, 2.75) is 19.1 Å². The van der Waals surface area contributed by atoms with E-state index in [-0.39, 0.29) is 12.8 Å². The highest BCUT2D eigenvalue weighted by Gasteiger charge is 2.13. The van der Waals surface area contributed by atoms with Crippen LogP contribution in [0.4, 0.5) is 0 Å². The van der Waals surface area contributed by atoms with E-state index < -0.39 is 17.9 Å². The van der Waals surface area contributed by atoms with Crippen molar-refractivity contribution < 1.29 is 19.7 Å². The molecule has 0 aliphatic rings. The summed E-state index contributed by atoms with van der Waals surface area (Å²) in [4.78, 5) is 26.2. The lowest BCUT2D eigenvalue weighted by atomic mass is 10.1. The SMILES string of the molecule is COc1ccc(-c2cnn(C(O)CCC(=O)O)c(=O)n2)cc1. The molecular weight excluding hydrogens is 290 g/mol. The fourth-order valence-electron chi connectivity index (χ4n) is 1.83. The summed E-state index contributed by atoms with van der Waals surface area (Å²) < 4.78 is 5.80. The summed E-state index contributed by atoms with van der Waals surface area (Å²) >= 11 is 0. The second-order valence-electron chi connectivity index (χ2n) is 4.51. The van der Waals surface area contributed by atoms with Gasteiger partial charge in [0.2, 0.25) is 0 Å². The van der Waals surface area contributed by atoms with Crippen LogP contribution in [0.25, 0.3) is 11.3 Å². The molecule has 22 heavy (non-hydrogen) atoms. The quantitative estimate of drug-likeness (QED) is 0.806. The van der Waals surface area contributed by atoms with Crippen molar-refractivity contribution in [1.29, 1.82) is 0 Å². The Morgan fingerprint density at radius 3 is 2.59 bits per heavy atom. The molecule has 0 saturated heterocycles. The van der Waals surface area contributed by atoms with E-state index in [0.29, 0.717) is 17.0 Å². The summed E-state index contributed by atoms with van der Waals surface area (Å²) in [5, 5.41) is 22.2. The van der Waals surface area contributed by atoms with Crippen LogP contribution in [0.2, 0.25) is 0 Å². The minimum Gasteiger partial charge on any atom is -0.497 e. The lowest BCUT2D eigenvalue weighted by molar-refractivity contribution is -0.138. The zero-order valence-electron chi connectivity index (χ0n) is 11.8. The van der Waals surface area contributed by atoms with E-state index in [0.717, 1.165) is 4.68 Å². The first kappa shape index (κ1) is 15.6. The number of carboxylic acids is 1. The zero-order valence-corrected chi connectivity index (χ0v) is 11.8. The van der Waals surface area contributed by atoms with Crippen molar-refractivity contribution in [2.24, 2.45) is 0 Å². The Balaban J connectivity index is 2.21. The normalized spacial score (nSPS) is 11.9. The fourth-order valence-corrected chi connectivity index (χ4v) is 1.83. The van der Waals surface area contributed by atoms with Gasteiger partial charge in [0, 0.05) is 18.4 Å². The number of nitrogens with zero attached hydrogens (tertiary/aromatic N) is 3. The Morgan fingerprint density at radius 2 is 2.05 bits per heavy atom. The summed E-state index contributed by atoms with van der Waals surface area (Å²) in [5.41, 5.74) is 0.290. The Bertz CT molecular complexity index is 711. The Labute approximate surface area is 125 Å². The van der Waals surface area contributed by atoms with E-state index in [4.69, 9.17) is 9.84 Å². The van der Waals surface area contributed by atoms with Crippen LogP contribution in [0, 0.1) is 0 Å². The largest absolute Gasteiger partial charge is 0.497 e. The summed E-state index contributed by atoms with van der Waals surface area (Å²) in [6.07, 6.45) is -0.366. The van der Waals surface area contributed by atoms with Gasteiger partial charge in [-0.15, -0.1) is 0 Å². The number of rotatable bonds is 6. The van der Waals surface area contributed by atoms with E-state index in [1.54, 1.807) is 31.4 Å². The fraction of sp³-hybridized carbons (Fsp3) is 0.286. The number of carbonyl (C=O) groups is 1. The molecule has 116 valence electrons. The monoisotopic (exact) mass is 305 g/mol. The Morgan fingerprint density at radius 1 is 1.36 bits per heavy atom. The Hall–Kier alpha value is -2.74. The number of hydrogen-bond acceptors (Lipinski definition) is 6. The first-order valence-electron chi connectivity index (χ1n) is 6.51. The van der Waals surface area contributed by atoms with Crippen LogP contribution in [0.5, 0.6) is 5.75 Å². The third-order valence-corrected chi connectivity index (χ3v) is 3.00. The lowest BCUT2D eigenvalue weighted by Crippen LogP contribution is -2.30.